The maximum Gasteiger partial charge on any atom is 0.274 e. The Morgan fingerprint density at radius 2 is 2.07 bits per heavy atom. The van der Waals surface area contributed by atoms with Gasteiger partial charge in [-0.3, -0.25) is 14.8 Å². The third-order valence-corrected chi connectivity index (χ3v) is 5.02. The van der Waals surface area contributed by atoms with E-state index in [1.807, 2.05) is 25.8 Å². The van der Waals surface area contributed by atoms with Crippen LogP contribution in [0, 0.1) is 19.8 Å². The minimum Gasteiger partial charge on any atom is -0.361 e. The van der Waals surface area contributed by atoms with Gasteiger partial charge >= 0.3 is 0 Å². The molecule has 1 saturated heterocycles. The van der Waals surface area contributed by atoms with Crippen molar-refractivity contribution in [3.05, 3.63) is 47.8 Å². The molecule has 0 aliphatic carbocycles. The highest BCUT2D eigenvalue weighted by molar-refractivity contribution is 5.92. The van der Waals surface area contributed by atoms with Gasteiger partial charge < -0.3 is 14.0 Å². The Hall–Kier alpha value is -3.03. The van der Waals surface area contributed by atoms with Gasteiger partial charge in [-0.2, -0.15) is 0 Å². The van der Waals surface area contributed by atoms with Crippen molar-refractivity contribution in [2.75, 3.05) is 13.1 Å². The van der Waals surface area contributed by atoms with Crippen LogP contribution in [-0.2, 0) is 13.5 Å². The van der Waals surface area contributed by atoms with E-state index in [1.54, 1.807) is 29.5 Å². The lowest BCUT2D eigenvalue weighted by Crippen LogP contribution is -2.29. The monoisotopic (exact) mass is 366 g/mol. The average molecular weight is 366 g/mol. The molecule has 1 amide bonds. The standard InChI is InChI=1S/C19H22N6O2/c1-12-17(13(2)27-23-12)18-15(20-5-6-21-18)8-14-4-7-25(9-14)19(26)16-10-24(3)11-22-16/h5-6,10-11,14H,4,7-9H2,1-3H3/t14-/m1/s1. The van der Waals surface area contributed by atoms with E-state index in [4.69, 9.17) is 4.52 Å². The Kier molecular flexibility index (Phi) is 4.47. The second-order valence-electron chi connectivity index (χ2n) is 7.09. The second-order valence-corrected chi connectivity index (χ2v) is 7.09. The van der Waals surface area contributed by atoms with Gasteiger partial charge in [0.05, 0.1) is 29.0 Å². The highest BCUT2D eigenvalue weighted by atomic mass is 16.5. The zero-order chi connectivity index (χ0) is 19.0. The van der Waals surface area contributed by atoms with Gasteiger partial charge in [-0.1, -0.05) is 5.16 Å². The number of hydrogen-bond acceptors (Lipinski definition) is 6. The Labute approximate surface area is 157 Å². The highest BCUT2D eigenvalue weighted by Crippen LogP contribution is 2.30. The molecular weight excluding hydrogens is 344 g/mol. The van der Waals surface area contributed by atoms with Gasteiger partial charge in [0.2, 0.25) is 0 Å². The number of carbonyl (C=O) groups is 1. The highest BCUT2D eigenvalue weighted by Gasteiger charge is 2.29. The molecule has 8 nitrogen and oxygen atoms in total. The lowest BCUT2D eigenvalue weighted by atomic mass is 9.98. The average Bonchev–Trinajstić information content (AvgIpc) is 3.37. The molecular formula is C19H22N6O2. The lowest BCUT2D eigenvalue weighted by molar-refractivity contribution is 0.0781. The van der Waals surface area contributed by atoms with Crippen LogP contribution in [0.2, 0.25) is 0 Å². The summed E-state index contributed by atoms with van der Waals surface area (Å²) in [5.41, 5.74) is 3.96. The van der Waals surface area contributed by atoms with E-state index in [-0.39, 0.29) is 5.91 Å². The number of aromatic nitrogens is 5. The molecule has 8 heteroatoms. The van der Waals surface area contributed by atoms with E-state index < -0.39 is 0 Å². The van der Waals surface area contributed by atoms with Crippen LogP contribution in [0.3, 0.4) is 0 Å². The van der Waals surface area contributed by atoms with E-state index in [0.717, 1.165) is 47.8 Å². The fraction of sp³-hybridized carbons (Fsp3) is 0.421. The molecule has 0 N–H and O–H groups in total. The molecule has 0 saturated carbocycles. The maximum atomic E-state index is 12.6. The van der Waals surface area contributed by atoms with E-state index in [0.29, 0.717) is 18.2 Å². The summed E-state index contributed by atoms with van der Waals surface area (Å²) in [7, 11) is 1.86. The Bertz CT molecular complexity index is 957. The van der Waals surface area contributed by atoms with Crippen molar-refractivity contribution in [2.24, 2.45) is 13.0 Å². The fourth-order valence-electron chi connectivity index (χ4n) is 3.69. The van der Waals surface area contributed by atoms with Gasteiger partial charge in [0, 0.05) is 38.7 Å². The third kappa shape index (κ3) is 3.34. The number of carbonyl (C=O) groups excluding carboxylic acids is 1. The zero-order valence-corrected chi connectivity index (χ0v) is 15.7. The molecule has 1 fully saturated rings. The van der Waals surface area contributed by atoms with Crippen LogP contribution in [0.4, 0.5) is 0 Å². The summed E-state index contributed by atoms with van der Waals surface area (Å²) in [4.78, 5) is 27.7. The van der Waals surface area contributed by atoms with E-state index in [2.05, 4.69) is 20.1 Å². The molecule has 1 atom stereocenters. The van der Waals surface area contributed by atoms with Crippen molar-refractivity contribution in [1.82, 2.24) is 29.6 Å². The van der Waals surface area contributed by atoms with Crippen molar-refractivity contribution >= 4 is 5.91 Å². The molecule has 4 rings (SSSR count). The molecule has 1 aliphatic heterocycles. The van der Waals surface area contributed by atoms with Crippen LogP contribution in [-0.4, -0.2) is 48.6 Å². The summed E-state index contributed by atoms with van der Waals surface area (Å²) in [6, 6.07) is 0. The Morgan fingerprint density at radius 3 is 2.78 bits per heavy atom. The predicted molar refractivity (Wildman–Crippen MR) is 97.9 cm³/mol. The minimum absolute atomic E-state index is 0.0109. The number of imidazole rings is 1. The van der Waals surface area contributed by atoms with Crippen LogP contribution < -0.4 is 0 Å². The summed E-state index contributed by atoms with van der Waals surface area (Å²) in [6.07, 6.45) is 8.51. The van der Waals surface area contributed by atoms with Gasteiger partial charge in [-0.15, -0.1) is 0 Å². The first-order chi connectivity index (χ1) is 13.0. The van der Waals surface area contributed by atoms with Crippen molar-refractivity contribution in [3.63, 3.8) is 0 Å². The van der Waals surface area contributed by atoms with Crippen molar-refractivity contribution < 1.29 is 9.32 Å². The van der Waals surface area contributed by atoms with Gasteiger partial charge in [-0.25, -0.2) is 4.98 Å². The predicted octanol–water partition coefficient (Wildman–Crippen LogP) is 2.19. The number of likely N-dealkylation sites (tertiary alicyclic amines) is 1. The maximum absolute atomic E-state index is 12.6. The number of hydrogen-bond donors (Lipinski definition) is 0. The topological polar surface area (TPSA) is 89.9 Å². The molecule has 0 aromatic carbocycles. The lowest BCUT2D eigenvalue weighted by Gasteiger charge is -2.15. The minimum atomic E-state index is -0.0109. The Morgan fingerprint density at radius 1 is 1.26 bits per heavy atom. The van der Waals surface area contributed by atoms with Crippen LogP contribution >= 0.6 is 0 Å². The number of amides is 1. The fourth-order valence-corrected chi connectivity index (χ4v) is 3.69. The van der Waals surface area contributed by atoms with E-state index in [1.165, 1.54) is 0 Å². The quantitative estimate of drug-likeness (QED) is 0.703. The molecule has 3 aromatic rings. The van der Waals surface area contributed by atoms with E-state index in [9.17, 15) is 4.79 Å². The number of aryl methyl sites for hydroxylation is 3. The summed E-state index contributed by atoms with van der Waals surface area (Å²) in [5, 5.41) is 4.03. The van der Waals surface area contributed by atoms with Crippen LogP contribution in [0.5, 0.6) is 0 Å². The molecule has 4 heterocycles. The van der Waals surface area contributed by atoms with Gasteiger partial charge in [0.1, 0.15) is 11.5 Å². The van der Waals surface area contributed by atoms with Gasteiger partial charge in [0.15, 0.2) is 0 Å². The molecule has 0 unspecified atom stereocenters. The van der Waals surface area contributed by atoms with Gasteiger partial charge in [0.25, 0.3) is 5.91 Å². The first kappa shape index (κ1) is 17.4. The molecule has 0 bridgehead atoms. The third-order valence-electron chi connectivity index (χ3n) is 5.02. The summed E-state index contributed by atoms with van der Waals surface area (Å²) < 4.78 is 7.08. The molecule has 140 valence electrons. The SMILES string of the molecule is Cc1noc(C)c1-c1nccnc1C[C@H]1CCN(C(=O)c2cn(C)cn2)C1. The van der Waals surface area contributed by atoms with Gasteiger partial charge in [-0.05, 0) is 32.6 Å². The second kappa shape index (κ2) is 6.94. The molecule has 0 spiro atoms. The van der Waals surface area contributed by atoms with Crippen molar-refractivity contribution in [2.45, 2.75) is 26.7 Å². The molecule has 3 aromatic heterocycles. The van der Waals surface area contributed by atoms with E-state index >= 15 is 0 Å². The summed E-state index contributed by atoms with van der Waals surface area (Å²) in [6.45, 7) is 5.23. The first-order valence-electron chi connectivity index (χ1n) is 9.03. The van der Waals surface area contributed by atoms with Crippen molar-refractivity contribution in [3.8, 4) is 11.3 Å². The Balaban J connectivity index is 1.51. The largest absolute Gasteiger partial charge is 0.361 e. The number of nitrogens with zero attached hydrogens (tertiary/aromatic N) is 6. The van der Waals surface area contributed by atoms with Crippen LogP contribution in [0.1, 0.15) is 34.1 Å². The molecule has 27 heavy (non-hydrogen) atoms. The normalized spacial score (nSPS) is 16.9. The zero-order valence-electron chi connectivity index (χ0n) is 15.7. The molecule has 0 radical (unpaired) electrons. The van der Waals surface area contributed by atoms with Crippen molar-refractivity contribution in [1.29, 1.82) is 0 Å². The van der Waals surface area contributed by atoms with Crippen LogP contribution in [0.15, 0.2) is 29.4 Å². The smallest absolute Gasteiger partial charge is 0.274 e. The molecule has 1 aliphatic rings. The van der Waals surface area contributed by atoms with Crippen LogP contribution in [0.25, 0.3) is 11.3 Å². The summed E-state index contributed by atoms with van der Waals surface area (Å²) in [5.74, 6) is 1.07. The first-order valence-corrected chi connectivity index (χ1v) is 9.03. The number of rotatable bonds is 4. The summed E-state index contributed by atoms with van der Waals surface area (Å²) >= 11 is 0.